The predicted molar refractivity (Wildman–Crippen MR) is 75.1 cm³/mol. The van der Waals surface area contributed by atoms with Crippen LogP contribution in [-0.4, -0.2) is 26.4 Å². The number of ether oxygens (including phenoxy) is 2. The summed E-state index contributed by atoms with van der Waals surface area (Å²) in [7, 11) is 3.73. The van der Waals surface area contributed by atoms with Crippen LogP contribution >= 0.6 is 0 Å². The van der Waals surface area contributed by atoms with Crippen LogP contribution < -0.4 is 10.1 Å². The van der Waals surface area contributed by atoms with Crippen LogP contribution in [-0.2, 0) is 4.74 Å². The summed E-state index contributed by atoms with van der Waals surface area (Å²) in [5.41, 5.74) is 1.12. The van der Waals surface area contributed by atoms with Crippen molar-refractivity contribution < 1.29 is 9.47 Å². The second-order valence-corrected chi connectivity index (χ2v) is 5.01. The molecule has 0 radical (unpaired) electrons. The van der Waals surface area contributed by atoms with E-state index in [1.165, 1.54) is 5.56 Å². The van der Waals surface area contributed by atoms with Gasteiger partial charge in [-0.1, -0.05) is 12.1 Å². The summed E-state index contributed by atoms with van der Waals surface area (Å²) in [6, 6.07) is 8.54. The van der Waals surface area contributed by atoms with E-state index in [0.29, 0.717) is 6.61 Å². The van der Waals surface area contributed by atoms with Crippen molar-refractivity contribution in [2.75, 3.05) is 20.8 Å². The molecule has 0 spiro atoms. The number of nitrogens with one attached hydrogen (secondary N) is 1. The highest BCUT2D eigenvalue weighted by atomic mass is 16.5. The molecular weight excluding hydrogens is 226 g/mol. The average Bonchev–Trinajstić information content (AvgIpc) is 2.37. The molecule has 1 unspecified atom stereocenters. The second-order valence-electron chi connectivity index (χ2n) is 5.01. The van der Waals surface area contributed by atoms with Crippen molar-refractivity contribution in [1.82, 2.24) is 5.32 Å². The molecule has 0 fully saturated rings. The standard InChI is InChI=1S/C15H25NO2/c1-6-18-13-9-7-12(8-10-13)14(16-4)11-15(2,3)17-5/h7-10,14,16H,6,11H2,1-5H3. The van der Waals surface area contributed by atoms with Crippen molar-refractivity contribution in [3.63, 3.8) is 0 Å². The van der Waals surface area contributed by atoms with Gasteiger partial charge in [-0.05, 0) is 51.9 Å². The maximum Gasteiger partial charge on any atom is 0.119 e. The topological polar surface area (TPSA) is 30.5 Å². The third-order valence-electron chi connectivity index (χ3n) is 3.19. The molecule has 0 amide bonds. The van der Waals surface area contributed by atoms with Crippen LogP contribution in [0.25, 0.3) is 0 Å². The Labute approximate surface area is 110 Å². The fourth-order valence-electron chi connectivity index (χ4n) is 1.92. The van der Waals surface area contributed by atoms with Crippen LogP contribution in [0.3, 0.4) is 0 Å². The third kappa shape index (κ3) is 4.31. The largest absolute Gasteiger partial charge is 0.494 e. The van der Waals surface area contributed by atoms with Crippen LogP contribution in [0, 0.1) is 0 Å². The van der Waals surface area contributed by atoms with Gasteiger partial charge in [-0.2, -0.15) is 0 Å². The quantitative estimate of drug-likeness (QED) is 0.807. The molecule has 0 saturated carbocycles. The summed E-state index contributed by atoms with van der Waals surface area (Å²) in [4.78, 5) is 0. The molecule has 1 rings (SSSR count). The first-order valence-electron chi connectivity index (χ1n) is 6.47. The molecule has 0 aromatic heterocycles. The van der Waals surface area contributed by atoms with Gasteiger partial charge in [0.15, 0.2) is 0 Å². The van der Waals surface area contributed by atoms with Crippen molar-refractivity contribution in [2.24, 2.45) is 0 Å². The van der Waals surface area contributed by atoms with Crippen LogP contribution in [0.5, 0.6) is 5.75 Å². The lowest BCUT2D eigenvalue weighted by atomic mass is 9.94. The first-order chi connectivity index (χ1) is 8.52. The molecule has 1 N–H and O–H groups in total. The Morgan fingerprint density at radius 1 is 1.22 bits per heavy atom. The molecule has 0 aliphatic heterocycles. The Morgan fingerprint density at radius 3 is 2.28 bits per heavy atom. The SMILES string of the molecule is CCOc1ccc(C(CC(C)(C)OC)NC)cc1. The molecule has 1 atom stereocenters. The van der Waals surface area contributed by atoms with E-state index >= 15 is 0 Å². The lowest BCUT2D eigenvalue weighted by Gasteiger charge is -2.28. The van der Waals surface area contributed by atoms with Crippen molar-refractivity contribution in [3.8, 4) is 5.75 Å². The molecule has 0 aliphatic carbocycles. The minimum Gasteiger partial charge on any atom is -0.494 e. The lowest BCUT2D eigenvalue weighted by Crippen LogP contribution is -2.30. The molecule has 3 heteroatoms. The van der Waals surface area contributed by atoms with E-state index in [1.54, 1.807) is 7.11 Å². The van der Waals surface area contributed by atoms with E-state index in [9.17, 15) is 0 Å². The zero-order valence-corrected chi connectivity index (χ0v) is 12.1. The average molecular weight is 251 g/mol. The molecule has 1 aromatic carbocycles. The molecule has 102 valence electrons. The first kappa shape index (κ1) is 15.0. The molecular formula is C15H25NO2. The maximum atomic E-state index is 5.49. The van der Waals surface area contributed by atoms with Crippen LogP contribution in [0.2, 0.25) is 0 Å². The molecule has 0 heterocycles. The van der Waals surface area contributed by atoms with E-state index in [1.807, 2.05) is 26.1 Å². The molecule has 18 heavy (non-hydrogen) atoms. The minimum atomic E-state index is -0.133. The molecule has 0 saturated heterocycles. The molecule has 0 bridgehead atoms. The van der Waals surface area contributed by atoms with E-state index < -0.39 is 0 Å². The van der Waals surface area contributed by atoms with Crippen molar-refractivity contribution >= 4 is 0 Å². The minimum absolute atomic E-state index is 0.133. The third-order valence-corrected chi connectivity index (χ3v) is 3.19. The maximum absolute atomic E-state index is 5.49. The van der Waals surface area contributed by atoms with Gasteiger partial charge < -0.3 is 14.8 Å². The number of methoxy groups -OCH3 is 1. The van der Waals surface area contributed by atoms with Gasteiger partial charge in [-0.25, -0.2) is 0 Å². The van der Waals surface area contributed by atoms with Crippen LogP contribution in [0.4, 0.5) is 0 Å². The normalized spacial score (nSPS) is 13.4. The predicted octanol–water partition coefficient (Wildman–Crippen LogP) is 3.16. The van der Waals surface area contributed by atoms with E-state index in [0.717, 1.165) is 12.2 Å². The van der Waals surface area contributed by atoms with Gasteiger partial charge in [0.1, 0.15) is 5.75 Å². The Hall–Kier alpha value is -1.06. The van der Waals surface area contributed by atoms with Crippen LogP contribution in [0.15, 0.2) is 24.3 Å². The van der Waals surface area contributed by atoms with Gasteiger partial charge >= 0.3 is 0 Å². The Balaban J connectivity index is 2.76. The van der Waals surface area contributed by atoms with Crippen molar-refractivity contribution in [1.29, 1.82) is 0 Å². The zero-order chi connectivity index (χ0) is 13.6. The number of benzene rings is 1. The Morgan fingerprint density at radius 2 is 1.83 bits per heavy atom. The Kier molecular flexibility index (Phi) is 5.63. The number of rotatable bonds is 7. The molecule has 3 nitrogen and oxygen atoms in total. The van der Waals surface area contributed by atoms with Gasteiger partial charge in [0.05, 0.1) is 12.2 Å². The summed E-state index contributed by atoms with van der Waals surface area (Å²) >= 11 is 0. The van der Waals surface area contributed by atoms with Crippen molar-refractivity contribution in [3.05, 3.63) is 29.8 Å². The van der Waals surface area contributed by atoms with E-state index in [-0.39, 0.29) is 11.6 Å². The fourth-order valence-corrected chi connectivity index (χ4v) is 1.92. The summed E-state index contributed by atoms with van der Waals surface area (Å²) in [6.07, 6.45) is 0.925. The van der Waals surface area contributed by atoms with Gasteiger partial charge in [-0.3, -0.25) is 0 Å². The van der Waals surface area contributed by atoms with E-state index in [4.69, 9.17) is 9.47 Å². The highest BCUT2D eigenvalue weighted by Crippen LogP contribution is 2.26. The highest BCUT2D eigenvalue weighted by Gasteiger charge is 2.22. The first-order valence-corrected chi connectivity index (χ1v) is 6.47. The fraction of sp³-hybridized carbons (Fsp3) is 0.600. The summed E-state index contributed by atoms with van der Waals surface area (Å²) in [6.45, 7) is 6.90. The van der Waals surface area contributed by atoms with Gasteiger partial charge in [0.25, 0.3) is 0 Å². The highest BCUT2D eigenvalue weighted by molar-refractivity contribution is 5.29. The Bertz CT molecular complexity index is 346. The van der Waals surface area contributed by atoms with Crippen molar-refractivity contribution in [2.45, 2.75) is 38.8 Å². The summed E-state index contributed by atoms with van der Waals surface area (Å²) in [5, 5.41) is 3.34. The van der Waals surface area contributed by atoms with Gasteiger partial charge in [0.2, 0.25) is 0 Å². The monoisotopic (exact) mass is 251 g/mol. The second kappa shape index (κ2) is 6.76. The molecule has 1 aromatic rings. The number of hydrogen-bond acceptors (Lipinski definition) is 3. The lowest BCUT2D eigenvalue weighted by molar-refractivity contribution is 0.00744. The van der Waals surface area contributed by atoms with E-state index in [2.05, 4.69) is 31.3 Å². The smallest absolute Gasteiger partial charge is 0.119 e. The van der Waals surface area contributed by atoms with Gasteiger partial charge in [0, 0.05) is 13.2 Å². The summed E-state index contributed by atoms with van der Waals surface area (Å²) < 4.78 is 10.9. The van der Waals surface area contributed by atoms with Gasteiger partial charge in [-0.15, -0.1) is 0 Å². The summed E-state index contributed by atoms with van der Waals surface area (Å²) in [5.74, 6) is 0.919. The van der Waals surface area contributed by atoms with Crippen LogP contribution in [0.1, 0.15) is 38.8 Å². The zero-order valence-electron chi connectivity index (χ0n) is 12.1. The number of hydrogen-bond donors (Lipinski definition) is 1. The molecule has 0 aliphatic rings.